The monoisotopic (exact) mass is 292 g/mol. The van der Waals surface area contributed by atoms with E-state index in [1.54, 1.807) is 24.3 Å². The summed E-state index contributed by atoms with van der Waals surface area (Å²) in [5.74, 6) is -0.0641. The molecule has 0 aliphatic rings. The van der Waals surface area contributed by atoms with Gasteiger partial charge < -0.3 is 10.4 Å². The number of hydrogen-bond donors (Lipinski definition) is 2. The molecule has 0 atom stereocenters. The number of benzene rings is 1. The van der Waals surface area contributed by atoms with E-state index in [9.17, 15) is 9.59 Å². The fourth-order valence-electron chi connectivity index (χ4n) is 1.98. The summed E-state index contributed by atoms with van der Waals surface area (Å²) < 4.78 is 0. The lowest BCUT2D eigenvalue weighted by Crippen LogP contribution is -2.30. The van der Waals surface area contributed by atoms with Crippen LogP contribution in [0.3, 0.4) is 0 Å². The molecule has 0 saturated carbocycles. The highest BCUT2D eigenvalue weighted by Crippen LogP contribution is 2.10. The van der Waals surface area contributed by atoms with E-state index in [-0.39, 0.29) is 18.3 Å². The van der Waals surface area contributed by atoms with Crippen LogP contribution in [0.5, 0.6) is 0 Å². The number of Topliss-reactive ketones (excluding diaryl/α,β-unsaturated/α-hetero) is 1. The highest BCUT2D eigenvalue weighted by atomic mass is 16.2. The van der Waals surface area contributed by atoms with E-state index >= 15 is 0 Å². The molecule has 1 aromatic rings. The molecule has 0 saturated heterocycles. The van der Waals surface area contributed by atoms with Gasteiger partial charge in [-0.25, -0.2) is 0 Å². The third kappa shape index (κ3) is 7.02. The van der Waals surface area contributed by atoms with Crippen LogP contribution in [0.1, 0.15) is 36.5 Å². The quantitative estimate of drug-likeness (QED) is 0.539. The van der Waals surface area contributed by atoms with Crippen molar-refractivity contribution in [3.05, 3.63) is 29.8 Å². The van der Waals surface area contributed by atoms with Gasteiger partial charge in [0.15, 0.2) is 5.78 Å². The predicted octanol–water partition coefficient (Wildman–Crippen LogP) is 1.92. The Hall–Kier alpha value is -1.72. The van der Waals surface area contributed by atoms with Crippen molar-refractivity contribution in [1.29, 1.82) is 0 Å². The first kappa shape index (κ1) is 17.3. The number of amides is 1. The standard InChI is InChI=1S/C16H24N2O3/c1-13(20)14-6-8-15(9-7-14)17-16(21)12-18(2)10-4-3-5-11-19/h6-9,19H,3-5,10-12H2,1-2H3,(H,17,21). The number of nitrogens with zero attached hydrogens (tertiary/aromatic N) is 1. The fraction of sp³-hybridized carbons (Fsp3) is 0.500. The van der Waals surface area contributed by atoms with Crippen LogP contribution in [0.2, 0.25) is 0 Å². The van der Waals surface area contributed by atoms with Crippen molar-refractivity contribution in [2.75, 3.05) is 32.1 Å². The third-order valence-electron chi connectivity index (χ3n) is 3.19. The number of anilines is 1. The summed E-state index contributed by atoms with van der Waals surface area (Å²) >= 11 is 0. The van der Waals surface area contributed by atoms with Gasteiger partial charge in [0.25, 0.3) is 0 Å². The molecule has 0 radical (unpaired) electrons. The van der Waals surface area contributed by atoms with Crippen molar-refractivity contribution in [3.63, 3.8) is 0 Å². The van der Waals surface area contributed by atoms with Crippen molar-refractivity contribution < 1.29 is 14.7 Å². The van der Waals surface area contributed by atoms with Crippen molar-refractivity contribution in [1.82, 2.24) is 4.90 Å². The van der Waals surface area contributed by atoms with Gasteiger partial charge in [0.1, 0.15) is 0 Å². The Morgan fingerprint density at radius 2 is 1.81 bits per heavy atom. The van der Waals surface area contributed by atoms with Crippen LogP contribution in [0, 0.1) is 0 Å². The first-order chi connectivity index (χ1) is 10.0. The maximum Gasteiger partial charge on any atom is 0.238 e. The van der Waals surface area contributed by atoms with Crippen molar-refractivity contribution >= 4 is 17.4 Å². The number of carbonyl (C=O) groups is 2. The Bertz CT molecular complexity index is 457. The van der Waals surface area contributed by atoms with Gasteiger partial charge in [-0.1, -0.05) is 0 Å². The molecule has 5 nitrogen and oxygen atoms in total. The zero-order chi connectivity index (χ0) is 15.7. The summed E-state index contributed by atoms with van der Waals surface area (Å²) in [7, 11) is 1.90. The lowest BCUT2D eigenvalue weighted by molar-refractivity contribution is -0.117. The lowest BCUT2D eigenvalue weighted by Gasteiger charge is -2.16. The number of aliphatic hydroxyl groups is 1. The number of likely N-dealkylation sites (N-methyl/N-ethyl adjacent to an activating group) is 1. The first-order valence-corrected chi connectivity index (χ1v) is 7.23. The second-order valence-corrected chi connectivity index (χ2v) is 5.20. The average molecular weight is 292 g/mol. The number of nitrogens with one attached hydrogen (secondary N) is 1. The third-order valence-corrected chi connectivity index (χ3v) is 3.19. The Morgan fingerprint density at radius 3 is 2.38 bits per heavy atom. The Labute approximate surface area is 126 Å². The van der Waals surface area contributed by atoms with Crippen LogP contribution >= 0.6 is 0 Å². The van der Waals surface area contributed by atoms with Crippen molar-refractivity contribution in [2.24, 2.45) is 0 Å². The molecule has 0 aliphatic carbocycles. The fourth-order valence-corrected chi connectivity index (χ4v) is 1.98. The molecule has 116 valence electrons. The van der Waals surface area contributed by atoms with E-state index in [0.717, 1.165) is 25.8 Å². The topological polar surface area (TPSA) is 69.6 Å². The molecule has 1 aromatic carbocycles. The predicted molar refractivity (Wildman–Crippen MR) is 83.5 cm³/mol. The molecule has 0 aliphatic heterocycles. The van der Waals surface area contributed by atoms with E-state index in [1.807, 2.05) is 11.9 Å². The summed E-state index contributed by atoms with van der Waals surface area (Å²) in [6.07, 6.45) is 2.75. The second kappa shape index (κ2) is 9.26. The summed E-state index contributed by atoms with van der Waals surface area (Å²) in [5.41, 5.74) is 1.33. The molecule has 5 heteroatoms. The summed E-state index contributed by atoms with van der Waals surface area (Å²) in [6.45, 7) is 2.89. The van der Waals surface area contributed by atoms with Gasteiger partial charge in [-0.05, 0) is 64.0 Å². The minimum Gasteiger partial charge on any atom is -0.396 e. The maximum absolute atomic E-state index is 11.9. The molecule has 1 rings (SSSR count). The molecule has 0 bridgehead atoms. The van der Waals surface area contributed by atoms with Crippen LogP contribution in [0.4, 0.5) is 5.69 Å². The molecule has 0 fully saturated rings. The number of carbonyl (C=O) groups excluding carboxylic acids is 2. The van der Waals surface area contributed by atoms with E-state index < -0.39 is 0 Å². The number of rotatable bonds is 9. The summed E-state index contributed by atoms with van der Waals surface area (Å²) in [5, 5.41) is 11.5. The molecular formula is C16H24N2O3. The minimum absolute atomic E-state index is 0.00971. The van der Waals surface area contributed by atoms with Crippen molar-refractivity contribution in [2.45, 2.75) is 26.2 Å². The van der Waals surface area contributed by atoms with Crippen LogP contribution in [-0.4, -0.2) is 48.4 Å². The lowest BCUT2D eigenvalue weighted by atomic mass is 10.1. The molecule has 0 aromatic heterocycles. The highest BCUT2D eigenvalue weighted by molar-refractivity contribution is 5.96. The van der Waals surface area contributed by atoms with Gasteiger partial charge in [0.05, 0.1) is 6.54 Å². The highest BCUT2D eigenvalue weighted by Gasteiger charge is 2.07. The molecule has 0 spiro atoms. The summed E-state index contributed by atoms with van der Waals surface area (Å²) in [6, 6.07) is 6.87. The minimum atomic E-state index is -0.0739. The number of unbranched alkanes of at least 4 members (excludes halogenated alkanes) is 2. The second-order valence-electron chi connectivity index (χ2n) is 5.20. The summed E-state index contributed by atoms with van der Waals surface area (Å²) in [4.78, 5) is 25.0. The molecule has 2 N–H and O–H groups in total. The normalized spacial score (nSPS) is 10.7. The van der Waals surface area contributed by atoms with E-state index in [1.165, 1.54) is 6.92 Å². The van der Waals surface area contributed by atoms with Gasteiger partial charge >= 0.3 is 0 Å². The average Bonchev–Trinajstić information content (AvgIpc) is 2.44. The van der Waals surface area contributed by atoms with Gasteiger partial charge in [-0.15, -0.1) is 0 Å². The zero-order valence-electron chi connectivity index (χ0n) is 12.8. The van der Waals surface area contributed by atoms with Crippen LogP contribution < -0.4 is 5.32 Å². The maximum atomic E-state index is 11.9. The Balaban J connectivity index is 2.34. The van der Waals surface area contributed by atoms with E-state index in [2.05, 4.69) is 5.32 Å². The largest absolute Gasteiger partial charge is 0.396 e. The van der Waals surface area contributed by atoms with Gasteiger partial charge in [-0.2, -0.15) is 0 Å². The number of ketones is 1. The molecule has 0 heterocycles. The number of hydrogen-bond acceptors (Lipinski definition) is 4. The molecule has 1 amide bonds. The molecule has 0 unspecified atom stereocenters. The van der Waals surface area contributed by atoms with Crippen LogP contribution in [0.15, 0.2) is 24.3 Å². The van der Waals surface area contributed by atoms with Gasteiger partial charge in [-0.3, -0.25) is 14.5 Å². The van der Waals surface area contributed by atoms with Crippen molar-refractivity contribution in [3.8, 4) is 0 Å². The zero-order valence-corrected chi connectivity index (χ0v) is 12.8. The van der Waals surface area contributed by atoms with Gasteiger partial charge in [0, 0.05) is 17.9 Å². The van der Waals surface area contributed by atoms with Gasteiger partial charge in [0.2, 0.25) is 5.91 Å². The van der Waals surface area contributed by atoms with Crippen LogP contribution in [-0.2, 0) is 4.79 Å². The number of aliphatic hydroxyl groups excluding tert-OH is 1. The Kier molecular flexibility index (Phi) is 7.64. The van der Waals surface area contributed by atoms with E-state index in [4.69, 9.17) is 5.11 Å². The molecule has 21 heavy (non-hydrogen) atoms. The van der Waals surface area contributed by atoms with E-state index in [0.29, 0.717) is 17.8 Å². The molecular weight excluding hydrogens is 268 g/mol. The van der Waals surface area contributed by atoms with Crippen LogP contribution in [0.25, 0.3) is 0 Å². The Morgan fingerprint density at radius 1 is 1.14 bits per heavy atom. The smallest absolute Gasteiger partial charge is 0.238 e. The SMILES string of the molecule is CC(=O)c1ccc(NC(=O)CN(C)CCCCCO)cc1. The first-order valence-electron chi connectivity index (χ1n) is 7.23.